The third-order valence-electron chi connectivity index (χ3n) is 10.3. The van der Waals surface area contributed by atoms with Crippen molar-refractivity contribution in [3.8, 4) is 6.07 Å². The Hall–Kier alpha value is -3.74. The summed E-state index contributed by atoms with van der Waals surface area (Å²) in [5.74, 6) is -0.399. The molecule has 1 atom stereocenters. The zero-order valence-corrected chi connectivity index (χ0v) is 30.6. The third kappa shape index (κ3) is 12.9. The van der Waals surface area contributed by atoms with E-state index in [4.69, 9.17) is 4.74 Å². The number of halogens is 1. The van der Waals surface area contributed by atoms with Crippen LogP contribution in [0.3, 0.4) is 0 Å². The van der Waals surface area contributed by atoms with Gasteiger partial charge in [-0.25, -0.2) is 4.39 Å². The molecule has 1 unspecified atom stereocenters. The molecule has 4 rings (SSSR count). The number of nitriles is 1. The minimum Gasteiger partial charge on any atom is -0.373 e. The molecule has 4 aromatic rings. The van der Waals surface area contributed by atoms with Gasteiger partial charge in [-0.05, 0) is 53.3 Å². The molecule has 0 fully saturated rings. The van der Waals surface area contributed by atoms with Gasteiger partial charge in [-0.3, -0.25) is 0 Å². The zero-order chi connectivity index (χ0) is 35.1. The highest BCUT2D eigenvalue weighted by Gasteiger charge is 2.38. The first-order chi connectivity index (χ1) is 24.7. The molecular weight excluding hydrogens is 614 g/mol. The molecule has 0 saturated heterocycles. The topological polar surface area (TPSA) is 33.0 Å². The van der Waals surface area contributed by atoms with Crippen LogP contribution in [0.1, 0.15) is 150 Å². The van der Waals surface area contributed by atoms with E-state index >= 15 is 0 Å². The van der Waals surface area contributed by atoms with Crippen molar-refractivity contribution in [1.82, 2.24) is 0 Å². The average molecular weight is 674 g/mol. The molecule has 4 aromatic carbocycles. The second kappa shape index (κ2) is 22.9. The van der Waals surface area contributed by atoms with Crippen molar-refractivity contribution in [3.63, 3.8) is 0 Å². The smallest absolute Gasteiger partial charge is 0.124 e. The van der Waals surface area contributed by atoms with Crippen molar-refractivity contribution in [2.24, 2.45) is 0 Å². The van der Waals surface area contributed by atoms with Crippen LogP contribution in [0.15, 0.2) is 109 Å². The quantitative estimate of drug-likeness (QED) is 0.0518. The van der Waals surface area contributed by atoms with Crippen LogP contribution < -0.4 is 0 Å². The first-order valence-electron chi connectivity index (χ1n) is 19.6. The standard InChI is InChI=1S/C47H60FNO/c1-2-3-4-5-6-7-8-9-10-11-12-13-14-15-16-26-33-46(50-39-41-34-40(38-49)35-45(48)36-41)37-47(42-27-20-17-21-28-42,43-29-22-18-23-30-43)44-31-24-19-25-32-44/h17-25,27-32,34-36,46H,2-16,26,33,37,39H2,1H3. The number of hydrogen-bond donors (Lipinski definition) is 0. The van der Waals surface area contributed by atoms with E-state index in [0.717, 1.165) is 19.3 Å². The highest BCUT2D eigenvalue weighted by Crippen LogP contribution is 2.44. The summed E-state index contributed by atoms with van der Waals surface area (Å²) in [5.41, 5.74) is 4.29. The van der Waals surface area contributed by atoms with E-state index in [0.29, 0.717) is 11.1 Å². The minimum absolute atomic E-state index is 0.0731. The predicted molar refractivity (Wildman–Crippen MR) is 208 cm³/mol. The van der Waals surface area contributed by atoms with E-state index in [-0.39, 0.29) is 12.7 Å². The Kier molecular flexibility index (Phi) is 17.9. The minimum atomic E-state index is -0.427. The summed E-state index contributed by atoms with van der Waals surface area (Å²) in [7, 11) is 0. The van der Waals surface area contributed by atoms with Crippen molar-refractivity contribution in [1.29, 1.82) is 5.26 Å². The lowest BCUT2D eigenvalue weighted by atomic mass is 9.66. The first kappa shape index (κ1) is 39.1. The van der Waals surface area contributed by atoms with Crippen molar-refractivity contribution < 1.29 is 9.13 Å². The Labute approximate surface area is 303 Å². The lowest BCUT2D eigenvalue weighted by Crippen LogP contribution is -2.35. The summed E-state index contributed by atoms with van der Waals surface area (Å²) in [6, 6.07) is 39.0. The van der Waals surface area contributed by atoms with Crippen LogP contribution in [0.5, 0.6) is 0 Å². The summed E-state index contributed by atoms with van der Waals surface area (Å²) in [4.78, 5) is 0. The van der Waals surface area contributed by atoms with Gasteiger partial charge in [0.1, 0.15) is 5.82 Å². The van der Waals surface area contributed by atoms with Crippen molar-refractivity contribution in [2.75, 3.05) is 0 Å². The molecular formula is C47H60FNO. The molecule has 0 spiro atoms. The molecule has 0 aliphatic heterocycles. The maximum atomic E-state index is 14.4. The molecule has 266 valence electrons. The Bertz CT molecular complexity index is 1400. The second-order valence-corrected chi connectivity index (χ2v) is 14.2. The molecule has 0 bridgehead atoms. The number of hydrogen-bond acceptors (Lipinski definition) is 2. The number of rotatable bonds is 25. The van der Waals surface area contributed by atoms with Crippen LogP contribution >= 0.6 is 0 Å². The molecule has 0 saturated carbocycles. The molecule has 0 aliphatic carbocycles. The number of unbranched alkanes of at least 4 members (excludes halogenated alkanes) is 15. The van der Waals surface area contributed by atoms with Gasteiger partial charge in [-0.1, -0.05) is 201 Å². The molecule has 0 aromatic heterocycles. The lowest BCUT2D eigenvalue weighted by Gasteiger charge is -2.39. The lowest BCUT2D eigenvalue weighted by molar-refractivity contribution is 0.0192. The summed E-state index contributed by atoms with van der Waals surface area (Å²) in [6.45, 7) is 2.55. The van der Waals surface area contributed by atoms with E-state index in [2.05, 4.69) is 104 Å². The molecule has 50 heavy (non-hydrogen) atoms. The van der Waals surface area contributed by atoms with Crippen LogP contribution in [-0.2, 0) is 16.8 Å². The van der Waals surface area contributed by atoms with Gasteiger partial charge in [-0.2, -0.15) is 5.26 Å². The average Bonchev–Trinajstić information content (AvgIpc) is 3.16. The second-order valence-electron chi connectivity index (χ2n) is 14.2. The largest absolute Gasteiger partial charge is 0.373 e. The van der Waals surface area contributed by atoms with Gasteiger partial charge >= 0.3 is 0 Å². The Morgan fingerprint density at radius 2 is 1.00 bits per heavy atom. The highest BCUT2D eigenvalue weighted by molar-refractivity contribution is 5.50. The van der Waals surface area contributed by atoms with Gasteiger partial charge in [0, 0.05) is 5.41 Å². The van der Waals surface area contributed by atoms with Gasteiger partial charge in [0.05, 0.1) is 24.3 Å². The fourth-order valence-electron chi connectivity index (χ4n) is 7.54. The summed E-state index contributed by atoms with van der Waals surface area (Å²) in [5, 5.41) is 9.45. The Balaban J connectivity index is 1.38. The highest BCUT2D eigenvalue weighted by atomic mass is 19.1. The van der Waals surface area contributed by atoms with Crippen molar-refractivity contribution >= 4 is 0 Å². The predicted octanol–water partition coefficient (Wildman–Crippen LogP) is 13.7. The molecule has 0 radical (unpaired) electrons. The normalized spacial score (nSPS) is 12.1. The fraction of sp³-hybridized carbons (Fsp3) is 0.468. The summed E-state index contributed by atoms with van der Waals surface area (Å²) >= 11 is 0. The van der Waals surface area contributed by atoms with Crippen LogP contribution in [0.25, 0.3) is 0 Å². The molecule has 0 N–H and O–H groups in total. The first-order valence-corrected chi connectivity index (χ1v) is 19.6. The van der Waals surface area contributed by atoms with E-state index < -0.39 is 11.2 Å². The van der Waals surface area contributed by atoms with Gasteiger partial charge in [0.25, 0.3) is 0 Å². The maximum absolute atomic E-state index is 14.4. The van der Waals surface area contributed by atoms with Crippen LogP contribution in [0, 0.1) is 17.1 Å². The molecule has 0 heterocycles. The summed E-state index contributed by atoms with van der Waals surface area (Å²) in [6.07, 6.45) is 23.1. The SMILES string of the molecule is CCCCCCCCCCCCCCCCCCC(CC(c1ccccc1)(c1ccccc1)c1ccccc1)OCc1cc(F)cc(C#N)c1. The van der Waals surface area contributed by atoms with Crippen LogP contribution in [0.2, 0.25) is 0 Å². The Morgan fingerprint density at radius 3 is 1.42 bits per heavy atom. The zero-order valence-electron chi connectivity index (χ0n) is 30.6. The molecule has 2 nitrogen and oxygen atoms in total. The molecule has 3 heteroatoms. The van der Waals surface area contributed by atoms with Crippen molar-refractivity contribution in [2.45, 2.75) is 141 Å². The van der Waals surface area contributed by atoms with Gasteiger partial charge < -0.3 is 4.74 Å². The maximum Gasteiger partial charge on any atom is 0.124 e. The van der Waals surface area contributed by atoms with Gasteiger partial charge in [0.2, 0.25) is 0 Å². The number of ether oxygens (including phenoxy) is 1. The van der Waals surface area contributed by atoms with Gasteiger partial charge in [0.15, 0.2) is 0 Å². The molecule has 0 aliphatic rings. The third-order valence-corrected chi connectivity index (χ3v) is 10.3. The van der Waals surface area contributed by atoms with Crippen molar-refractivity contribution in [3.05, 3.63) is 143 Å². The van der Waals surface area contributed by atoms with E-state index in [1.807, 2.05) is 0 Å². The monoisotopic (exact) mass is 673 g/mol. The molecule has 0 amide bonds. The Morgan fingerprint density at radius 1 is 0.580 bits per heavy atom. The summed E-state index contributed by atoms with van der Waals surface area (Å²) < 4.78 is 21.1. The van der Waals surface area contributed by atoms with Crippen LogP contribution in [-0.4, -0.2) is 6.10 Å². The number of benzene rings is 4. The van der Waals surface area contributed by atoms with Gasteiger partial charge in [-0.15, -0.1) is 0 Å². The van der Waals surface area contributed by atoms with E-state index in [1.54, 1.807) is 6.07 Å². The number of nitrogens with zero attached hydrogens (tertiary/aromatic N) is 1. The van der Waals surface area contributed by atoms with Crippen LogP contribution in [0.4, 0.5) is 4.39 Å². The van der Waals surface area contributed by atoms with E-state index in [1.165, 1.54) is 125 Å². The fourth-order valence-corrected chi connectivity index (χ4v) is 7.54. The van der Waals surface area contributed by atoms with E-state index in [9.17, 15) is 9.65 Å².